The van der Waals surface area contributed by atoms with Gasteiger partial charge >= 0.3 is 0 Å². The van der Waals surface area contributed by atoms with Crippen molar-refractivity contribution in [3.8, 4) is 0 Å². The van der Waals surface area contributed by atoms with Crippen LogP contribution in [0.1, 0.15) is 35.2 Å². The van der Waals surface area contributed by atoms with Crippen molar-refractivity contribution >= 4 is 18.0 Å². The molecule has 0 bridgehead atoms. The summed E-state index contributed by atoms with van der Waals surface area (Å²) in [5.41, 5.74) is 2.18. The summed E-state index contributed by atoms with van der Waals surface area (Å²) in [5.74, 6) is 1.15. The fourth-order valence-electron chi connectivity index (χ4n) is 2.09. The molecule has 104 valence electrons. The van der Waals surface area contributed by atoms with Crippen molar-refractivity contribution in [3.05, 3.63) is 65.7 Å². The first-order chi connectivity index (χ1) is 9.88. The lowest BCUT2D eigenvalue weighted by Gasteiger charge is -2.03. The van der Waals surface area contributed by atoms with E-state index in [1.54, 1.807) is 0 Å². The molecule has 20 heavy (non-hydrogen) atoms. The van der Waals surface area contributed by atoms with E-state index in [2.05, 4.69) is 30.3 Å². The standard InChI is InChI=1S/C18H20OS/c19-15-17-10-12-18(13-11-17)20-14-6-2-5-9-16-7-3-1-4-8-16/h1,3-4,7-8,10-13,15H,2,5-6,9,14H2. The zero-order valence-electron chi connectivity index (χ0n) is 11.6. The topological polar surface area (TPSA) is 17.1 Å². The van der Waals surface area contributed by atoms with Crippen LogP contribution in [-0.4, -0.2) is 12.0 Å². The van der Waals surface area contributed by atoms with Gasteiger partial charge in [-0.3, -0.25) is 4.79 Å². The summed E-state index contributed by atoms with van der Waals surface area (Å²) in [6.07, 6.45) is 5.84. The Kier molecular flexibility index (Phi) is 6.39. The van der Waals surface area contributed by atoms with Crippen LogP contribution in [-0.2, 0) is 6.42 Å². The predicted molar refractivity (Wildman–Crippen MR) is 86.6 cm³/mol. The van der Waals surface area contributed by atoms with Crippen LogP contribution in [0.4, 0.5) is 0 Å². The van der Waals surface area contributed by atoms with Crippen molar-refractivity contribution in [3.63, 3.8) is 0 Å². The molecule has 1 nitrogen and oxygen atoms in total. The molecule has 0 atom stereocenters. The van der Waals surface area contributed by atoms with E-state index in [9.17, 15) is 4.79 Å². The molecule has 2 aromatic rings. The maximum absolute atomic E-state index is 10.6. The molecule has 0 aliphatic carbocycles. The summed E-state index contributed by atoms with van der Waals surface area (Å²) in [7, 11) is 0. The van der Waals surface area contributed by atoms with Crippen LogP contribution in [0.5, 0.6) is 0 Å². The third-order valence-electron chi connectivity index (χ3n) is 3.24. The minimum Gasteiger partial charge on any atom is -0.298 e. The molecule has 0 amide bonds. The molecule has 0 N–H and O–H groups in total. The Bertz CT molecular complexity index is 505. The molecule has 0 saturated heterocycles. The van der Waals surface area contributed by atoms with Gasteiger partial charge in [-0.2, -0.15) is 0 Å². The average Bonchev–Trinajstić information content (AvgIpc) is 2.52. The van der Waals surface area contributed by atoms with Crippen molar-refractivity contribution in [2.45, 2.75) is 30.6 Å². The zero-order valence-corrected chi connectivity index (χ0v) is 12.4. The second-order valence-corrected chi connectivity index (χ2v) is 6.00. The number of rotatable bonds is 8. The molecule has 2 aromatic carbocycles. The molecule has 0 radical (unpaired) electrons. The maximum Gasteiger partial charge on any atom is 0.150 e. The molecule has 0 spiro atoms. The van der Waals surface area contributed by atoms with E-state index in [1.165, 1.54) is 36.1 Å². The lowest BCUT2D eigenvalue weighted by Crippen LogP contribution is -1.87. The highest BCUT2D eigenvalue weighted by Crippen LogP contribution is 2.20. The smallest absolute Gasteiger partial charge is 0.150 e. The fourth-order valence-corrected chi connectivity index (χ4v) is 3.00. The monoisotopic (exact) mass is 284 g/mol. The Morgan fingerprint density at radius 3 is 2.30 bits per heavy atom. The minimum atomic E-state index is 0.747. The number of carbonyl (C=O) groups excluding carboxylic acids is 1. The molecule has 0 aromatic heterocycles. The SMILES string of the molecule is O=Cc1ccc(SCCCCCc2ccccc2)cc1. The molecule has 0 aliphatic rings. The van der Waals surface area contributed by atoms with E-state index in [0.29, 0.717) is 0 Å². The van der Waals surface area contributed by atoms with Crippen molar-refractivity contribution in [2.75, 3.05) is 5.75 Å². The lowest BCUT2D eigenvalue weighted by molar-refractivity contribution is 0.112. The Balaban J connectivity index is 1.58. The van der Waals surface area contributed by atoms with Gasteiger partial charge in [0.1, 0.15) is 6.29 Å². The molecule has 2 rings (SSSR count). The van der Waals surface area contributed by atoms with Crippen molar-refractivity contribution in [2.24, 2.45) is 0 Å². The van der Waals surface area contributed by atoms with Gasteiger partial charge in [0.15, 0.2) is 0 Å². The zero-order chi connectivity index (χ0) is 14.0. The van der Waals surface area contributed by atoms with E-state index in [0.717, 1.165) is 17.6 Å². The highest BCUT2D eigenvalue weighted by Gasteiger charge is 1.96. The Morgan fingerprint density at radius 2 is 1.60 bits per heavy atom. The van der Waals surface area contributed by atoms with E-state index in [4.69, 9.17) is 0 Å². The van der Waals surface area contributed by atoms with E-state index in [1.807, 2.05) is 36.0 Å². The number of hydrogen-bond acceptors (Lipinski definition) is 2. The molecule has 0 heterocycles. The highest BCUT2D eigenvalue weighted by molar-refractivity contribution is 7.99. The minimum absolute atomic E-state index is 0.747. The van der Waals surface area contributed by atoms with E-state index < -0.39 is 0 Å². The number of hydrogen-bond donors (Lipinski definition) is 0. The van der Waals surface area contributed by atoms with E-state index >= 15 is 0 Å². The summed E-state index contributed by atoms with van der Waals surface area (Å²) in [5, 5.41) is 0. The first-order valence-electron chi connectivity index (χ1n) is 7.10. The number of thioether (sulfide) groups is 1. The average molecular weight is 284 g/mol. The van der Waals surface area contributed by atoms with Crippen LogP contribution in [0.2, 0.25) is 0 Å². The number of aryl methyl sites for hydroxylation is 1. The third kappa shape index (κ3) is 5.22. The van der Waals surface area contributed by atoms with Gasteiger partial charge < -0.3 is 0 Å². The fraction of sp³-hybridized carbons (Fsp3) is 0.278. The number of unbranched alkanes of at least 4 members (excludes halogenated alkanes) is 2. The van der Waals surface area contributed by atoms with Crippen molar-refractivity contribution in [1.29, 1.82) is 0 Å². The Labute approximate surface area is 125 Å². The lowest BCUT2D eigenvalue weighted by atomic mass is 10.1. The van der Waals surface area contributed by atoms with Gasteiger partial charge in [0.25, 0.3) is 0 Å². The van der Waals surface area contributed by atoms with Crippen molar-refractivity contribution in [1.82, 2.24) is 0 Å². The van der Waals surface area contributed by atoms with Gasteiger partial charge in [-0.25, -0.2) is 0 Å². The summed E-state index contributed by atoms with van der Waals surface area (Å²) >= 11 is 1.87. The van der Waals surface area contributed by atoms with Gasteiger partial charge in [0.2, 0.25) is 0 Å². The molecule has 2 heteroatoms. The second-order valence-electron chi connectivity index (χ2n) is 4.83. The molecule has 0 fully saturated rings. The number of carbonyl (C=O) groups is 1. The van der Waals surface area contributed by atoms with Crippen LogP contribution in [0, 0.1) is 0 Å². The van der Waals surface area contributed by atoms with Crippen molar-refractivity contribution < 1.29 is 4.79 Å². The first-order valence-corrected chi connectivity index (χ1v) is 8.09. The second kappa shape index (κ2) is 8.60. The maximum atomic E-state index is 10.6. The van der Waals surface area contributed by atoms with E-state index in [-0.39, 0.29) is 0 Å². The quantitative estimate of drug-likeness (QED) is 0.385. The van der Waals surface area contributed by atoms with Crippen LogP contribution in [0.15, 0.2) is 59.5 Å². The molecular formula is C18H20OS. The van der Waals surface area contributed by atoms with Gasteiger partial charge in [-0.1, -0.05) is 48.9 Å². The summed E-state index contributed by atoms with van der Waals surface area (Å²) in [4.78, 5) is 11.8. The van der Waals surface area contributed by atoms with Crippen LogP contribution >= 0.6 is 11.8 Å². The number of aldehydes is 1. The first kappa shape index (κ1) is 14.9. The van der Waals surface area contributed by atoms with Crippen LogP contribution in [0.3, 0.4) is 0 Å². The van der Waals surface area contributed by atoms with Gasteiger partial charge in [-0.05, 0) is 42.7 Å². The Morgan fingerprint density at radius 1 is 0.850 bits per heavy atom. The highest BCUT2D eigenvalue weighted by atomic mass is 32.2. The number of benzene rings is 2. The van der Waals surface area contributed by atoms with Gasteiger partial charge in [0.05, 0.1) is 0 Å². The summed E-state index contributed by atoms with van der Waals surface area (Å²) < 4.78 is 0. The molecular weight excluding hydrogens is 264 g/mol. The van der Waals surface area contributed by atoms with Gasteiger partial charge in [-0.15, -0.1) is 11.8 Å². The molecule has 0 saturated carbocycles. The summed E-state index contributed by atoms with van der Waals surface area (Å²) in [6.45, 7) is 0. The van der Waals surface area contributed by atoms with Crippen LogP contribution < -0.4 is 0 Å². The Hall–Kier alpha value is -1.54. The summed E-state index contributed by atoms with van der Waals surface area (Å²) in [6, 6.07) is 18.5. The van der Waals surface area contributed by atoms with Crippen LogP contribution in [0.25, 0.3) is 0 Å². The molecule has 0 unspecified atom stereocenters. The predicted octanol–water partition coefficient (Wildman–Crippen LogP) is 5.00. The largest absolute Gasteiger partial charge is 0.298 e. The molecule has 0 aliphatic heterocycles. The third-order valence-corrected chi connectivity index (χ3v) is 4.34. The normalized spacial score (nSPS) is 10.4. The van der Waals surface area contributed by atoms with Gasteiger partial charge in [0, 0.05) is 10.5 Å².